The molecule has 0 heterocycles. The SMILES string of the molecule is O=C(O)c1c(Cl)cc(/C=C/P(=O)(c2cccc(O)c2)c2cccc(O)c2)cc1Cl. The summed E-state index contributed by atoms with van der Waals surface area (Å²) in [5, 5.41) is 29.5. The molecule has 0 saturated carbocycles. The van der Waals surface area contributed by atoms with Gasteiger partial charge in [-0.1, -0.05) is 53.5 Å². The van der Waals surface area contributed by atoms with Crippen LogP contribution in [-0.2, 0) is 4.57 Å². The Bertz CT molecular complexity index is 1100. The van der Waals surface area contributed by atoms with Crippen LogP contribution < -0.4 is 10.6 Å². The van der Waals surface area contributed by atoms with Crippen molar-refractivity contribution < 1.29 is 24.7 Å². The number of carbonyl (C=O) groups is 1. The largest absolute Gasteiger partial charge is 0.508 e. The van der Waals surface area contributed by atoms with Gasteiger partial charge < -0.3 is 19.9 Å². The Morgan fingerprint density at radius 1 is 0.862 bits per heavy atom. The van der Waals surface area contributed by atoms with Gasteiger partial charge in [-0.25, -0.2) is 4.79 Å². The summed E-state index contributed by atoms with van der Waals surface area (Å²) >= 11 is 12.0. The second kappa shape index (κ2) is 8.34. The Morgan fingerprint density at radius 2 is 1.34 bits per heavy atom. The number of aromatic carboxylic acids is 1. The maximum absolute atomic E-state index is 14.0. The molecule has 3 aromatic carbocycles. The molecule has 5 nitrogen and oxygen atoms in total. The summed E-state index contributed by atoms with van der Waals surface area (Å²) in [5.41, 5.74) is 0.236. The molecule has 0 aromatic heterocycles. The standard InChI is InChI=1S/C21H15Cl2O5P/c22-18-9-13(10-19(23)20(18)21(26)27)7-8-29(28,16-5-1-3-14(24)11-16)17-6-2-4-15(25)12-17/h1-12,24-25H,(H,26,27)/b8-7+. The molecule has 8 heteroatoms. The van der Waals surface area contributed by atoms with E-state index in [0.29, 0.717) is 16.2 Å². The number of hydrogen-bond donors (Lipinski definition) is 3. The Labute approximate surface area is 176 Å². The van der Waals surface area contributed by atoms with Crippen molar-refractivity contribution in [1.29, 1.82) is 0 Å². The summed E-state index contributed by atoms with van der Waals surface area (Å²) in [5.74, 6) is 0.0981. The summed E-state index contributed by atoms with van der Waals surface area (Å²) in [7, 11) is -3.41. The number of carboxylic acids is 1. The number of rotatable bonds is 5. The van der Waals surface area contributed by atoms with Crippen LogP contribution in [0, 0.1) is 0 Å². The molecule has 148 valence electrons. The lowest BCUT2D eigenvalue weighted by molar-refractivity contribution is 0.0697. The van der Waals surface area contributed by atoms with Crippen molar-refractivity contribution in [2.45, 2.75) is 0 Å². The highest BCUT2D eigenvalue weighted by Gasteiger charge is 2.25. The van der Waals surface area contributed by atoms with E-state index in [4.69, 9.17) is 28.3 Å². The van der Waals surface area contributed by atoms with Crippen molar-refractivity contribution in [3.8, 4) is 11.5 Å². The van der Waals surface area contributed by atoms with Gasteiger partial charge in [0.25, 0.3) is 0 Å². The third-order valence-corrected chi connectivity index (χ3v) is 7.44. The maximum Gasteiger partial charge on any atom is 0.338 e. The van der Waals surface area contributed by atoms with Crippen LogP contribution in [0.2, 0.25) is 10.0 Å². The normalized spacial score (nSPS) is 11.7. The number of halogens is 2. The Hall–Kier alpha value is -2.72. The minimum absolute atomic E-state index is 0.0470. The predicted octanol–water partition coefficient (Wildman–Crippen LogP) is 5.09. The second-order valence-electron chi connectivity index (χ2n) is 6.18. The zero-order chi connectivity index (χ0) is 21.2. The van der Waals surface area contributed by atoms with E-state index in [9.17, 15) is 19.6 Å². The topological polar surface area (TPSA) is 94.8 Å². The van der Waals surface area contributed by atoms with Gasteiger partial charge >= 0.3 is 5.97 Å². The molecule has 0 radical (unpaired) electrons. The van der Waals surface area contributed by atoms with Crippen molar-refractivity contribution in [3.63, 3.8) is 0 Å². The van der Waals surface area contributed by atoms with Crippen LogP contribution in [-0.4, -0.2) is 21.3 Å². The van der Waals surface area contributed by atoms with Crippen molar-refractivity contribution >= 4 is 53.0 Å². The van der Waals surface area contributed by atoms with Gasteiger partial charge in [0.1, 0.15) is 11.5 Å². The molecular weight excluding hydrogens is 434 g/mol. The number of benzene rings is 3. The van der Waals surface area contributed by atoms with E-state index in [-0.39, 0.29) is 27.1 Å². The van der Waals surface area contributed by atoms with Gasteiger partial charge in [0.15, 0.2) is 7.14 Å². The average Bonchev–Trinajstić information content (AvgIpc) is 2.65. The number of aromatic hydroxyl groups is 2. The summed E-state index contributed by atoms with van der Waals surface area (Å²) in [6.45, 7) is 0. The molecule has 0 aliphatic carbocycles. The molecule has 3 aromatic rings. The van der Waals surface area contributed by atoms with Crippen LogP contribution in [0.25, 0.3) is 6.08 Å². The molecule has 3 N–H and O–H groups in total. The lowest BCUT2D eigenvalue weighted by atomic mass is 10.1. The quantitative estimate of drug-likeness (QED) is 0.472. The highest BCUT2D eigenvalue weighted by molar-refractivity contribution is 7.81. The van der Waals surface area contributed by atoms with E-state index in [1.165, 1.54) is 48.3 Å². The summed E-state index contributed by atoms with van der Waals surface area (Å²) in [6, 6.07) is 14.9. The molecule has 0 atom stereocenters. The fourth-order valence-corrected chi connectivity index (χ4v) is 5.76. The molecular formula is C21H15Cl2O5P. The maximum atomic E-state index is 14.0. The predicted molar refractivity (Wildman–Crippen MR) is 116 cm³/mol. The second-order valence-corrected chi connectivity index (χ2v) is 9.64. The van der Waals surface area contributed by atoms with Crippen molar-refractivity contribution in [2.24, 2.45) is 0 Å². The monoisotopic (exact) mass is 448 g/mol. The van der Waals surface area contributed by atoms with Gasteiger partial charge in [-0.3, -0.25) is 0 Å². The van der Waals surface area contributed by atoms with Crippen LogP contribution in [0.3, 0.4) is 0 Å². The van der Waals surface area contributed by atoms with E-state index in [0.717, 1.165) is 0 Å². The first-order valence-corrected chi connectivity index (χ1v) is 10.8. The first-order chi connectivity index (χ1) is 13.7. The Kier molecular flexibility index (Phi) is 6.04. The van der Waals surface area contributed by atoms with E-state index < -0.39 is 13.1 Å². The molecule has 0 amide bonds. The lowest BCUT2D eigenvalue weighted by Crippen LogP contribution is -2.14. The summed E-state index contributed by atoms with van der Waals surface area (Å²) in [4.78, 5) is 11.2. The van der Waals surface area contributed by atoms with Gasteiger partial charge in [-0.15, -0.1) is 0 Å². The molecule has 29 heavy (non-hydrogen) atoms. The average molecular weight is 449 g/mol. The van der Waals surface area contributed by atoms with Crippen LogP contribution in [0.4, 0.5) is 0 Å². The van der Waals surface area contributed by atoms with E-state index in [1.807, 2.05) is 0 Å². The molecule has 0 aliphatic rings. The third-order valence-electron chi connectivity index (χ3n) is 4.18. The van der Waals surface area contributed by atoms with Gasteiger partial charge in [0.05, 0.1) is 15.6 Å². The lowest BCUT2D eigenvalue weighted by Gasteiger charge is -2.16. The molecule has 0 bridgehead atoms. The van der Waals surface area contributed by atoms with Gasteiger partial charge in [-0.05, 0) is 47.8 Å². The molecule has 0 fully saturated rings. The van der Waals surface area contributed by atoms with Crippen LogP contribution in [0.1, 0.15) is 15.9 Å². The smallest absolute Gasteiger partial charge is 0.338 e. The molecule has 3 rings (SSSR count). The molecule has 0 saturated heterocycles. The summed E-state index contributed by atoms with van der Waals surface area (Å²) in [6.07, 6.45) is 1.51. The Morgan fingerprint density at radius 3 is 1.76 bits per heavy atom. The highest BCUT2D eigenvalue weighted by atomic mass is 35.5. The zero-order valence-electron chi connectivity index (χ0n) is 14.8. The zero-order valence-corrected chi connectivity index (χ0v) is 17.2. The van der Waals surface area contributed by atoms with E-state index >= 15 is 0 Å². The molecule has 0 spiro atoms. The number of phenols is 2. The minimum Gasteiger partial charge on any atom is -0.508 e. The fraction of sp³-hybridized carbons (Fsp3) is 0. The first kappa shape index (κ1) is 21.0. The van der Waals surface area contributed by atoms with Crippen LogP contribution in [0.5, 0.6) is 11.5 Å². The van der Waals surface area contributed by atoms with Gasteiger partial charge in [-0.2, -0.15) is 0 Å². The van der Waals surface area contributed by atoms with E-state index in [2.05, 4.69) is 0 Å². The molecule has 0 aliphatic heterocycles. The van der Waals surface area contributed by atoms with E-state index in [1.54, 1.807) is 24.3 Å². The number of hydrogen-bond acceptors (Lipinski definition) is 4. The van der Waals surface area contributed by atoms with Crippen molar-refractivity contribution in [1.82, 2.24) is 0 Å². The number of phenolic OH excluding ortho intramolecular Hbond substituents is 2. The minimum atomic E-state index is -3.41. The third kappa shape index (κ3) is 4.48. The number of carboxylic acid groups (broad SMARTS) is 1. The van der Waals surface area contributed by atoms with Gasteiger partial charge in [0, 0.05) is 10.6 Å². The fourth-order valence-electron chi connectivity index (χ4n) is 2.80. The van der Waals surface area contributed by atoms with Gasteiger partial charge in [0.2, 0.25) is 0 Å². The Balaban J connectivity index is 2.14. The first-order valence-electron chi connectivity index (χ1n) is 8.31. The van der Waals surface area contributed by atoms with Crippen LogP contribution in [0.15, 0.2) is 66.5 Å². The van der Waals surface area contributed by atoms with Crippen molar-refractivity contribution in [3.05, 3.63) is 87.7 Å². The van der Waals surface area contributed by atoms with Crippen molar-refractivity contribution in [2.75, 3.05) is 0 Å². The highest BCUT2D eigenvalue weighted by Crippen LogP contribution is 2.47. The van der Waals surface area contributed by atoms with Crippen LogP contribution >= 0.6 is 30.3 Å². The summed E-state index contributed by atoms with van der Waals surface area (Å²) < 4.78 is 14.0. The molecule has 0 unspecified atom stereocenters.